The number of benzene rings is 1. The molecule has 2 atom stereocenters. The Labute approximate surface area is 125 Å². The van der Waals surface area contributed by atoms with E-state index in [1.54, 1.807) is 14.7 Å². The van der Waals surface area contributed by atoms with Gasteiger partial charge in [-0.1, -0.05) is 30.3 Å². The molecule has 1 aliphatic carbocycles. The maximum absolute atomic E-state index is 5.83. The van der Waals surface area contributed by atoms with Crippen molar-refractivity contribution in [3.63, 3.8) is 0 Å². The average molecular weight is 284 g/mol. The van der Waals surface area contributed by atoms with Gasteiger partial charge in [-0.2, -0.15) is 0 Å². The van der Waals surface area contributed by atoms with Crippen molar-refractivity contribution in [1.29, 1.82) is 0 Å². The van der Waals surface area contributed by atoms with Gasteiger partial charge in [-0.3, -0.25) is 0 Å². The first kappa shape index (κ1) is 14.3. The predicted octanol–water partition coefficient (Wildman–Crippen LogP) is 2.07. The van der Waals surface area contributed by atoms with Gasteiger partial charge in [0.15, 0.2) is 0 Å². The normalized spacial score (nSPS) is 21.6. The first-order valence-corrected chi connectivity index (χ1v) is 7.32. The summed E-state index contributed by atoms with van der Waals surface area (Å²) in [7, 11) is 3.29. The predicted molar refractivity (Wildman–Crippen MR) is 79.8 cm³/mol. The maximum Gasteiger partial charge on any atom is 0.395 e. The van der Waals surface area contributed by atoms with Crippen LogP contribution in [0, 0.1) is 0 Å². The second-order valence-electron chi connectivity index (χ2n) is 5.42. The van der Waals surface area contributed by atoms with Crippen LogP contribution in [-0.2, 0) is 11.1 Å². The SMILES string of the molecule is CO[B]NC1CCC(c2nnc(Cc3ccccc3)o2)C1. The zero-order valence-corrected chi connectivity index (χ0v) is 12.2. The third-order valence-electron chi connectivity index (χ3n) is 3.88. The minimum Gasteiger partial charge on any atom is -0.427 e. The molecule has 2 unspecified atom stereocenters. The Kier molecular flexibility index (Phi) is 4.67. The minimum atomic E-state index is 0.352. The second kappa shape index (κ2) is 6.87. The lowest BCUT2D eigenvalue weighted by Crippen LogP contribution is -2.31. The first-order chi connectivity index (χ1) is 10.3. The zero-order valence-electron chi connectivity index (χ0n) is 12.2. The smallest absolute Gasteiger partial charge is 0.395 e. The quantitative estimate of drug-likeness (QED) is 0.823. The Hall–Kier alpha value is -1.66. The van der Waals surface area contributed by atoms with Crippen molar-refractivity contribution in [2.75, 3.05) is 7.11 Å². The van der Waals surface area contributed by atoms with Gasteiger partial charge in [0, 0.05) is 13.0 Å². The average Bonchev–Trinajstić information content (AvgIpc) is 3.15. The van der Waals surface area contributed by atoms with Gasteiger partial charge in [0.2, 0.25) is 11.8 Å². The van der Waals surface area contributed by atoms with E-state index in [1.165, 1.54) is 5.56 Å². The number of nitrogens with one attached hydrogen (secondary N) is 1. The van der Waals surface area contributed by atoms with Gasteiger partial charge < -0.3 is 14.3 Å². The molecule has 1 aromatic carbocycles. The molecule has 1 aliphatic rings. The summed E-state index contributed by atoms with van der Waals surface area (Å²) in [6, 6.07) is 10.6. The fourth-order valence-electron chi connectivity index (χ4n) is 2.79. The number of nitrogens with zero attached hydrogens (tertiary/aromatic N) is 2. The summed E-state index contributed by atoms with van der Waals surface area (Å²) in [6.07, 6.45) is 3.87. The highest BCUT2D eigenvalue weighted by atomic mass is 16.4. The molecule has 0 bridgehead atoms. The van der Waals surface area contributed by atoms with Gasteiger partial charge in [-0.15, -0.1) is 10.2 Å². The van der Waals surface area contributed by atoms with Crippen LogP contribution in [0.25, 0.3) is 0 Å². The van der Waals surface area contributed by atoms with Crippen molar-refractivity contribution in [3.05, 3.63) is 47.7 Å². The van der Waals surface area contributed by atoms with E-state index in [2.05, 4.69) is 27.6 Å². The number of rotatable bonds is 6. The van der Waals surface area contributed by atoms with E-state index in [9.17, 15) is 0 Å². The van der Waals surface area contributed by atoms with Gasteiger partial charge in [-0.05, 0) is 30.9 Å². The van der Waals surface area contributed by atoms with E-state index in [-0.39, 0.29) is 0 Å². The summed E-state index contributed by atoms with van der Waals surface area (Å²) in [5, 5.41) is 11.6. The molecular formula is C15H19BN3O2. The lowest BCUT2D eigenvalue weighted by atomic mass is 10.1. The Balaban J connectivity index is 1.58. The molecule has 1 radical (unpaired) electrons. The van der Waals surface area contributed by atoms with E-state index < -0.39 is 0 Å². The third kappa shape index (κ3) is 3.71. The summed E-state index contributed by atoms with van der Waals surface area (Å²) in [6.45, 7) is 0. The molecule has 2 aromatic rings. The molecule has 0 saturated heterocycles. The molecule has 5 nitrogen and oxygen atoms in total. The van der Waals surface area contributed by atoms with Crippen molar-refractivity contribution in [1.82, 2.24) is 15.4 Å². The fourth-order valence-corrected chi connectivity index (χ4v) is 2.79. The van der Waals surface area contributed by atoms with E-state index in [0.29, 0.717) is 24.3 Å². The molecule has 1 aromatic heterocycles. The molecule has 1 N–H and O–H groups in total. The number of hydrogen-bond donors (Lipinski definition) is 1. The maximum atomic E-state index is 5.83. The number of aromatic nitrogens is 2. The van der Waals surface area contributed by atoms with Crippen LogP contribution in [0.4, 0.5) is 0 Å². The van der Waals surface area contributed by atoms with Gasteiger partial charge in [0.25, 0.3) is 0 Å². The lowest BCUT2D eigenvalue weighted by Gasteiger charge is -2.09. The van der Waals surface area contributed by atoms with E-state index in [0.717, 1.165) is 25.2 Å². The molecule has 0 aliphatic heterocycles. The van der Waals surface area contributed by atoms with E-state index in [4.69, 9.17) is 9.07 Å². The highest BCUT2D eigenvalue weighted by molar-refractivity contribution is 6.23. The summed E-state index contributed by atoms with van der Waals surface area (Å²) in [4.78, 5) is 0. The first-order valence-electron chi connectivity index (χ1n) is 7.32. The Morgan fingerprint density at radius 3 is 2.95 bits per heavy atom. The van der Waals surface area contributed by atoms with Gasteiger partial charge >= 0.3 is 7.62 Å². The van der Waals surface area contributed by atoms with Crippen LogP contribution in [0.15, 0.2) is 34.7 Å². The molecule has 3 rings (SSSR count). The largest absolute Gasteiger partial charge is 0.427 e. The van der Waals surface area contributed by atoms with Crippen LogP contribution in [-0.4, -0.2) is 31.0 Å². The Morgan fingerprint density at radius 2 is 2.14 bits per heavy atom. The van der Waals surface area contributed by atoms with Gasteiger partial charge in [0.05, 0.1) is 6.42 Å². The molecule has 1 fully saturated rings. The topological polar surface area (TPSA) is 60.2 Å². The lowest BCUT2D eigenvalue weighted by molar-refractivity contribution is 0.409. The molecule has 21 heavy (non-hydrogen) atoms. The highest BCUT2D eigenvalue weighted by Crippen LogP contribution is 2.33. The van der Waals surface area contributed by atoms with Crippen LogP contribution in [0.2, 0.25) is 0 Å². The summed E-state index contributed by atoms with van der Waals surface area (Å²) in [5.74, 6) is 1.81. The standard InChI is InChI=1S/C15H19BN3O2/c1-20-16-17-13-8-7-12(10-13)15-19-18-14(21-15)9-11-5-3-2-4-6-11/h2-6,12-13,17H,7-10H2,1H3. The van der Waals surface area contributed by atoms with Crippen molar-refractivity contribution < 1.29 is 9.07 Å². The van der Waals surface area contributed by atoms with Gasteiger partial charge in [0.1, 0.15) is 0 Å². The molecule has 0 amide bonds. The summed E-state index contributed by atoms with van der Waals surface area (Å²) in [5.41, 5.74) is 1.19. The molecule has 6 heteroatoms. The van der Waals surface area contributed by atoms with Crippen LogP contribution in [0.5, 0.6) is 0 Å². The summed E-state index contributed by atoms with van der Waals surface area (Å²) < 4.78 is 10.8. The monoisotopic (exact) mass is 284 g/mol. The molecule has 1 heterocycles. The van der Waals surface area contributed by atoms with E-state index in [1.807, 2.05) is 18.2 Å². The molecule has 1 saturated carbocycles. The van der Waals surface area contributed by atoms with Crippen LogP contribution in [0.3, 0.4) is 0 Å². The van der Waals surface area contributed by atoms with Gasteiger partial charge in [-0.25, -0.2) is 0 Å². The third-order valence-corrected chi connectivity index (χ3v) is 3.88. The zero-order chi connectivity index (χ0) is 14.5. The van der Waals surface area contributed by atoms with Crippen LogP contribution in [0.1, 0.15) is 42.5 Å². The van der Waals surface area contributed by atoms with Crippen molar-refractivity contribution >= 4 is 7.62 Å². The number of hydrogen-bond acceptors (Lipinski definition) is 5. The molecule has 0 spiro atoms. The Morgan fingerprint density at radius 1 is 1.29 bits per heavy atom. The molecular weight excluding hydrogens is 265 g/mol. The van der Waals surface area contributed by atoms with Crippen molar-refractivity contribution in [2.24, 2.45) is 0 Å². The van der Waals surface area contributed by atoms with E-state index >= 15 is 0 Å². The van der Waals surface area contributed by atoms with Crippen LogP contribution >= 0.6 is 0 Å². The molecule has 109 valence electrons. The second-order valence-corrected chi connectivity index (χ2v) is 5.42. The van der Waals surface area contributed by atoms with Crippen molar-refractivity contribution in [3.8, 4) is 0 Å². The van der Waals surface area contributed by atoms with Crippen LogP contribution < -0.4 is 5.23 Å². The minimum absolute atomic E-state index is 0.352. The summed E-state index contributed by atoms with van der Waals surface area (Å²) >= 11 is 0. The highest BCUT2D eigenvalue weighted by Gasteiger charge is 2.29. The Bertz CT molecular complexity index is 561. The van der Waals surface area contributed by atoms with Crippen molar-refractivity contribution in [2.45, 2.75) is 37.6 Å². The fraction of sp³-hybridized carbons (Fsp3) is 0.467.